The minimum absolute atomic E-state index is 0.0489. The van der Waals surface area contributed by atoms with Gasteiger partial charge in [-0.2, -0.15) is 0 Å². The Hall–Kier alpha value is -2.25. The SMILES string of the molecule is C=CC.Cc1cc(C(C)(C)C)cc2c1Sc1c(-c3ccccc3)cc(C(C)(C)C)cc1C2(C)C. The molecule has 1 aliphatic rings. The molecule has 0 radical (unpaired) electrons. The van der Waals surface area contributed by atoms with Crippen LogP contribution in [0.1, 0.15) is 90.1 Å². The van der Waals surface area contributed by atoms with Gasteiger partial charge in [0, 0.05) is 15.2 Å². The zero-order chi connectivity index (χ0) is 25.5. The third-order valence-electron chi connectivity index (χ3n) is 6.73. The summed E-state index contributed by atoms with van der Waals surface area (Å²) >= 11 is 1.97. The molecule has 1 heteroatoms. The van der Waals surface area contributed by atoms with Crippen molar-refractivity contribution in [2.45, 2.75) is 95.3 Å². The van der Waals surface area contributed by atoms with Gasteiger partial charge in [-0.15, -0.1) is 6.58 Å². The monoisotopic (exact) mass is 470 g/mol. The van der Waals surface area contributed by atoms with Gasteiger partial charge in [-0.1, -0.05) is 122 Å². The van der Waals surface area contributed by atoms with Crippen LogP contribution in [0.2, 0.25) is 0 Å². The molecule has 3 aromatic carbocycles. The number of aryl methyl sites for hydroxylation is 1. The smallest absolute Gasteiger partial charge is 0.0242 e. The number of hydrogen-bond donors (Lipinski definition) is 0. The molecule has 0 fully saturated rings. The van der Waals surface area contributed by atoms with Gasteiger partial charge in [-0.3, -0.25) is 0 Å². The number of hydrogen-bond acceptors (Lipinski definition) is 1. The Morgan fingerprint density at radius 3 is 1.74 bits per heavy atom. The fourth-order valence-corrected chi connectivity index (χ4v) is 6.08. The molecule has 0 N–H and O–H groups in total. The second-order valence-corrected chi connectivity index (χ2v) is 13.1. The van der Waals surface area contributed by atoms with E-state index in [0.29, 0.717) is 0 Å². The molecular weight excluding hydrogens is 428 g/mol. The maximum Gasteiger partial charge on any atom is 0.0242 e. The summed E-state index contributed by atoms with van der Waals surface area (Å²) in [6.07, 6.45) is 1.75. The van der Waals surface area contributed by atoms with Crippen LogP contribution < -0.4 is 0 Å². The Labute approximate surface area is 212 Å². The highest BCUT2D eigenvalue weighted by atomic mass is 32.2. The molecular formula is C33H42S. The fraction of sp³-hybridized carbons (Fsp3) is 0.394. The first kappa shape index (κ1) is 26.4. The van der Waals surface area contributed by atoms with E-state index in [9.17, 15) is 0 Å². The lowest BCUT2D eigenvalue weighted by molar-refractivity contribution is 0.563. The third-order valence-corrected chi connectivity index (χ3v) is 8.12. The first-order valence-corrected chi connectivity index (χ1v) is 13.2. The molecule has 0 aliphatic carbocycles. The van der Waals surface area contributed by atoms with Crippen molar-refractivity contribution >= 4 is 11.8 Å². The molecule has 180 valence electrons. The summed E-state index contributed by atoms with van der Waals surface area (Å²) in [5.74, 6) is 0. The first-order chi connectivity index (χ1) is 15.7. The molecule has 0 spiro atoms. The topological polar surface area (TPSA) is 0 Å². The van der Waals surface area contributed by atoms with Crippen LogP contribution in [-0.4, -0.2) is 0 Å². The molecule has 4 rings (SSSR count). The quantitative estimate of drug-likeness (QED) is 0.319. The van der Waals surface area contributed by atoms with Crippen LogP contribution >= 0.6 is 11.8 Å². The average molecular weight is 471 g/mol. The third kappa shape index (κ3) is 5.05. The van der Waals surface area contributed by atoms with Crippen LogP contribution in [0.25, 0.3) is 11.1 Å². The van der Waals surface area contributed by atoms with Gasteiger partial charge in [0.1, 0.15) is 0 Å². The molecule has 3 aromatic rings. The van der Waals surface area contributed by atoms with Crippen molar-refractivity contribution < 1.29 is 0 Å². The van der Waals surface area contributed by atoms with Crippen molar-refractivity contribution in [1.29, 1.82) is 0 Å². The van der Waals surface area contributed by atoms with E-state index < -0.39 is 0 Å². The Morgan fingerprint density at radius 2 is 1.24 bits per heavy atom. The lowest BCUT2D eigenvalue weighted by atomic mass is 9.72. The predicted octanol–water partition coefficient (Wildman–Crippen LogP) is 10.2. The van der Waals surface area contributed by atoms with Gasteiger partial charge in [-0.05, 0) is 69.7 Å². The molecule has 0 saturated heterocycles. The van der Waals surface area contributed by atoms with E-state index in [4.69, 9.17) is 0 Å². The molecule has 0 unspecified atom stereocenters. The van der Waals surface area contributed by atoms with Crippen molar-refractivity contribution in [2.24, 2.45) is 0 Å². The average Bonchev–Trinajstić information content (AvgIpc) is 2.73. The van der Waals surface area contributed by atoms with Crippen LogP contribution in [0.5, 0.6) is 0 Å². The van der Waals surface area contributed by atoms with E-state index in [1.807, 2.05) is 18.7 Å². The lowest BCUT2D eigenvalue weighted by Gasteiger charge is -2.39. The number of fused-ring (bicyclic) bond motifs is 2. The van der Waals surface area contributed by atoms with Gasteiger partial charge in [0.2, 0.25) is 0 Å². The van der Waals surface area contributed by atoms with Crippen LogP contribution in [0, 0.1) is 6.92 Å². The van der Waals surface area contributed by atoms with E-state index >= 15 is 0 Å². The molecule has 0 bridgehead atoms. The van der Waals surface area contributed by atoms with Gasteiger partial charge in [-0.25, -0.2) is 0 Å². The second-order valence-electron chi connectivity index (χ2n) is 12.1. The second kappa shape index (κ2) is 9.42. The molecule has 0 atom stereocenters. The summed E-state index contributed by atoms with van der Waals surface area (Å²) in [7, 11) is 0. The van der Waals surface area contributed by atoms with E-state index in [-0.39, 0.29) is 16.2 Å². The highest BCUT2D eigenvalue weighted by molar-refractivity contribution is 7.99. The maximum absolute atomic E-state index is 3.36. The van der Waals surface area contributed by atoms with E-state index in [1.165, 1.54) is 48.7 Å². The zero-order valence-electron chi connectivity index (χ0n) is 22.9. The molecule has 0 aromatic heterocycles. The summed E-state index contributed by atoms with van der Waals surface area (Å²) < 4.78 is 0. The minimum atomic E-state index is -0.0489. The predicted molar refractivity (Wildman–Crippen MR) is 153 cm³/mol. The number of benzene rings is 3. The van der Waals surface area contributed by atoms with Gasteiger partial charge in [0.15, 0.2) is 0 Å². The summed E-state index contributed by atoms with van der Waals surface area (Å²) in [6.45, 7) is 26.3. The zero-order valence-corrected chi connectivity index (χ0v) is 23.7. The van der Waals surface area contributed by atoms with E-state index in [1.54, 1.807) is 6.08 Å². The molecule has 34 heavy (non-hydrogen) atoms. The van der Waals surface area contributed by atoms with Gasteiger partial charge < -0.3 is 0 Å². The molecule has 0 nitrogen and oxygen atoms in total. The first-order valence-electron chi connectivity index (χ1n) is 12.4. The van der Waals surface area contributed by atoms with Crippen molar-refractivity contribution in [3.63, 3.8) is 0 Å². The summed E-state index contributed by atoms with van der Waals surface area (Å²) in [5, 5.41) is 0. The lowest BCUT2D eigenvalue weighted by Crippen LogP contribution is -2.27. The van der Waals surface area contributed by atoms with Gasteiger partial charge >= 0.3 is 0 Å². The molecule has 0 amide bonds. The highest BCUT2D eigenvalue weighted by Gasteiger charge is 2.37. The van der Waals surface area contributed by atoms with Crippen LogP contribution in [0.3, 0.4) is 0 Å². The number of allylic oxidation sites excluding steroid dienone is 1. The van der Waals surface area contributed by atoms with E-state index in [2.05, 4.69) is 123 Å². The van der Waals surface area contributed by atoms with E-state index in [0.717, 1.165) is 0 Å². The van der Waals surface area contributed by atoms with Crippen molar-refractivity contribution in [2.75, 3.05) is 0 Å². The van der Waals surface area contributed by atoms with Crippen molar-refractivity contribution in [1.82, 2.24) is 0 Å². The van der Waals surface area contributed by atoms with Crippen molar-refractivity contribution in [3.8, 4) is 11.1 Å². The normalized spacial score (nSPS) is 14.4. The fourth-order valence-electron chi connectivity index (χ4n) is 4.52. The van der Waals surface area contributed by atoms with Gasteiger partial charge in [0.25, 0.3) is 0 Å². The number of rotatable bonds is 1. The van der Waals surface area contributed by atoms with Crippen LogP contribution in [-0.2, 0) is 16.2 Å². The van der Waals surface area contributed by atoms with Gasteiger partial charge in [0.05, 0.1) is 0 Å². The largest absolute Gasteiger partial charge is 0.103 e. The van der Waals surface area contributed by atoms with Crippen LogP contribution in [0.4, 0.5) is 0 Å². The molecule has 1 aliphatic heterocycles. The summed E-state index contributed by atoms with van der Waals surface area (Å²) in [5.41, 5.74) is 10.0. The Balaban J connectivity index is 0.00000103. The highest BCUT2D eigenvalue weighted by Crippen LogP contribution is 2.54. The molecule has 1 heterocycles. The summed E-state index contributed by atoms with van der Waals surface area (Å²) in [6, 6.07) is 20.7. The molecule has 0 saturated carbocycles. The minimum Gasteiger partial charge on any atom is -0.103 e. The Bertz CT molecular complexity index is 1180. The Kier molecular flexibility index (Phi) is 7.30. The van der Waals surface area contributed by atoms with Crippen molar-refractivity contribution in [3.05, 3.63) is 95.1 Å². The Morgan fingerprint density at radius 1 is 0.765 bits per heavy atom. The standard InChI is InChI=1S/C30H36S.C3H6/c1-19-15-21(28(2,3)4)17-24-26(19)31-27-23(20-13-11-10-12-14-20)16-22(29(5,6)7)18-25(27)30(24,8)9;1-3-2/h10-18H,1-9H3;3H,1H2,2H3. The van der Waals surface area contributed by atoms with Crippen LogP contribution in [0.15, 0.2) is 77.0 Å². The maximum atomic E-state index is 3.36. The summed E-state index contributed by atoms with van der Waals surface area (Å²) in [4.78, 5) is 2.86.